The van der Waals surface area contributed by atoms with Crippen molar-refractivity contribution in [3.63, 3.8) is 0 Å². The van der Waals surface area contributed by atoms with Gasteiger partial charge in [0.2, 0.25) is 5.88 Å². The van der Waals surface area contributed by atoms with Crippen LogP contribution in [0.25, 0.3) is 0 Å². The number of aliphatic hydroxyl groups is 1. The Labute approximate surface area is 107 Å². The van der Waals surface area contributed by atoms with E-state index in [1.807, 2.05) is 25.1 Å². The molecular formula is C12H11BrN2O2. The van der Waals surface area contributed by atoms with Crippen LogP contribution in [0.1, 0.15) is 11.3 Å². The maximum atomic E-state index is 8.84. The van der Waals surface area contributed by atoms with Crippen molar-refractivity contribution in [2.24, 2.45) is 0 Å². The third-order valence-corrected chi connectivity index (χ3v) is 2.69. The van der Waals surface area contributed by atoms with Crippen LogP contribution in [0.5, 0.6) is 11.6 Å². The SMILES string of the molecule is Cc1cc(Br)ccc1Oc1cnc(CO)cn1. The minimum atomic E-state index is -0.120. The molecule has 0 radical (unpaired) electrons. The van der Waals surface area contributed by atoms with E-state index in [2.05, 4.69) is 25.9 Å². The van der Waals surface area contributed by atoms with Crippen molar-refractivity contribution < 1.29 is 9.84 Å². The lowest BCUT2D eigenvalue weighted by Crippen LogP contribution is -1.94. The molecule has 2 aromatic rings. The van der Waals surface area contributed by atoms with E-state index in [1.165, 1.54) is 12.4 Å². The summed E-state index contributed by atoms with van der Waals surface area (Å²) in [6, 6.07) is 5.73. The molecule has 2 rings (SSSR count). The molecule has 0 atom stereocenters. The molecule has 1 aromatic heterocycles. The number of hydrogen-bond donors (Lipinski definition) is 1. The number of ether oxygens (including phenoxy) is 1. The van der Waals surface area contributed by atoms with Gasteiger partial charge in [0.05, 0.1) is 24.7 Å². The van der Waals surface area contributed by atoms with Crippen molar-refractivity contribution >= 4 is 15.9 Å². The van der Waals surface area contributed by atoms with Gasteiger partial charge in [0.25, 0.3) is 0 Å². The predicted octanol–water partition coefficient (Wildman–Crippen LogP) is 2.83. The van der Waals surface area contributed by atoms with Crippen LogP contribution >= 0.6 is 15.9 Å². The first-order valence-corrected chi connectivity index (χ1v) is 5.84. The van der Waals surface area contributed by atoms with Crippen LogP contribution in [-0.2, 0) is 6.61 Å². The second-order valence-electron chi connectivity index (χ2n) is 3.52. The van der Waals surface area contributed by atoms with Gasteiger partial charge in [-0.15, -0.1) is 0 Å². The number of nitrogens with zero attached hydrogens (tertiary/aromatic N) is 2. The van der Waals surface area contributed by atoms with Crippen LogP contribution < -0.4 is 4.74 Å². The highest BCUT2D eigenvalue weighted by Crippen LogP contribution is 2.25. The summed E-state index contributed by atoms with van der Waals surface area (Å²) in [6.07, 6.45) is 2.98. The molecule has 0 spiro atoms. The fourth-order valence-electron chi connectivity index (χ4n) is 1.32. The Hall–Kier alpha value is -1.46. The zero-order valence-electron chi connectivity index (χ0n) is 9.22. The lowest BCUT2D eigenvalue weighted by atomic mass is 10.2. The summed E-state index contributed by atoms with van der Waals surface area (Å²) >= 11 is 3.39. The van der Waals surface area contributed by atoms with Crippen molar-refractivity contribution in [1.29, 1.82) is 0 Å². The lowest BCUT2D eigenvalue weighted by molar-refractivity contribution is 0.276. The van der Waals surface area contributed by atoms with Gasteiger partial charge >= 0.3 is 0 Å². The van der Waals surface area contributed by atoms with Gasteiger partial charge < -0.3 is 9.84 Å². The van der Waals surface area contributed by atoms with Gasteiger partial charge in [-0.3, -0.25) is 4.98 Å². The van der Waals surface area contributed by atoms with Gasteiger partial charge in [-0.2, -0.15) is 0 Å². The van der Waals surface area contributed by atoms with Crippen LogP contribution in [-0.4, -0.2) is 15.1 Å². The average Bonchev–Trinajstić information content (AvgIpc) is 2.34. The van der Waals surface area contributed by atoms with Gasteiger partial charge in [-0.1, -0.05) is 15.9 Å². The Morgan fingerprint density at radius 3 is 2.71 bits per heavy atom. The van der Waals surface area contributed by atoms with Crippen molar-refractivity contribution in [3.05, 3.63) is 46.3 Å². The van der Waals surface area contributed by atoms with Crippen LogP contribution in [0.4, 0.5) is 0 Å². The highest BCUT2D eigenvalue weighted by Gasteiger charge is 2.03. The smallest absolute Gasteiger partial charge is 0.237 e. The number of aliphatic hydroxyl groups excluding tert-OH is 1. The maximum absolute atomic E-state index is 8.84. The molecule has 1 heterocycles. The van der Waals surface area contributed by atoms with E-state index in [9.17, 15) is 0 Å². The van der Waals surface area contributed by atoms with E-state index in [1.54, 1.807) is 0 Å². The highest BCUT2D eigenvalue weighted by molar-refractivity contribution is 9.10. The van der Waals surface area contributed by atoms with Gasteiger partial charge in [0, 0.05) is 4.47 Å². The molecule has 1 N–H and O–H groups in total. The quantitative estimate of drug-likeness (QED) is 0.946. The molecule has 0 unspecified atom stereocenters. The van der Waals surface area contributed by atoms with Crippen molar-refractivity contribution in [2.45, 2.75) is 13.5 Å². The lowest BCUT2D eigenvalue weighted by Gasteiger charge is -2.07. The summed E-state index contributed by atoms with van der Waals surface area (Å²) in [4.78, 5) is 8.05. The first-order valence-electron chi connectivity index (χ1n) is 5.05. The Morgan fingerprint density at radius 2 is 2.12 bits per heavy atom. The number of halogens is 1. The summed E-state index contributed by atoms with van der Waals surface area (Å²) in [5, 5.41) is 8.84. The van der Waals surface area contributed by atoms with Gasteiger partial charge in [0.1, 0.15) is 5.75 Å². The number of aromatic nitrogens is 2. The summed E-state index contributed by atoms with van der Waals surface area (Å²) in [7, 11) is 0. The minimum Gasteiger partial charge on any atom is -0.437 e. The van der Waals surface area contributed by atoms with E-state index >= 15 is 0 Å². The molecule has 0 aliphatic rings. The first-order chi connectivity index (χ1) is 8.19. The van der Waals surface area contributed by atoms with E-state index in [-0.39, 0.29) is 6.61 Å². The largest absolute Gasteiger partial charge is 0.437 e. The molecular weight excluding hydrogens is 284 g/mol. The topological polar surface area (TPSA) is 55.2 Å². The van der Waals surface area contributed by atoms with Crippen LogP contribution in [0.15, 0.2) is 35.1 Å². The standard InChI is InChI=1S/C12H11BrN2O2/c1-8-4-9(13)2-3-11(8)17-12-6-14-10(7-16)5-15-12/h2-6,16H,7H2,1H3. The molecule has 0 saturated heterocycles. The monoisotopic (exact) mass is 294 g/mol. The van der Waals surface area contributed by atoms with Crippen LogP contribution in [0.3, 0.4) is 0 Å². The molecule has 0 aliphatic heterocycles. The van der Waals surface area contributed by atoms with Gasteiger partial charge in [0.15, 0.2) is 0 Å². The number of hydrogen-bond acceptors (Lipinski definition) is 4. The third-order valence-electron chi connectivity index (χ3n) is 2.20. The molecule has 0 bridgehead atoms. The summed E-state index contributed by atoms with van der Waals surface area (Å²) < 4.78 is 6.59. The molecule has 5 heteroatoms. The van der Waals surface area contributed by atoms with E-state index in [4.69, 9.17) is 9.84 Å². The van der Waals surface area contributed by atoms with Crippen molar-refractivity contribution in [1.82, 2.24) is 9.97 Å². The van der Waals surface area contributed by atoms with Crippen LogP contribution in [0.2, 0.25) is 0 Å². The maximum Gasteiger partial charge on any atom is 0.237 e. The van der Waals surface area contributed by atoms with E-state index < -0.39 is 0 Å². The second kappa shape index (κ2) is 5.25. The summed E-state index contributed by atoms with van der Waals surface area (Å²) in [6.45, 7) is 1.83. The zero-order valence-corrected chi connectivity index (χ0v) is 10.8. The summed E-state index contributed by atoms with van der Waals surface area (Å²) in [5.41, 5.74) is 1.53. The molecule has 0 saturated carbocycles. The fourth-order valence-corrected chi connectivity index (χ4v) is 1.79. The Morgan fingerprint density at radius 1 is 1.29 bits per heavy atom. The van der Waals surface area contributed by atoms with Gasteiger partial charge in [-0.05, 0) is 30.7 Å². The number of benzene rings is 1. The second-order valence-corrected chi connectivity index (χ2v) is 4.43. The fraction of sp³-hybridized carbons (Fsp3) is 0.167. The number of rotatable bonds is 3. The Kier molecular flexibility index (Phi) is 3.71. The third kappa shape index (κ3) is 3.01. The molecule has 4 nitrogen and oxygen atoms in total. The normalized spacial score (nSPS) is 10.3. The molecule has 0 amide bonds. The van der Waals surface area contributed by atoms with E-state index in [0.717, 1.165) is 15.8 Å². The average molecular weight is 295 g/mol. The highest BCUT2D eigenvalue weighted by atomic mass is 79.9. The Bertz CT molecular complexity index is 514. The summed E-state index contributed by atoms with van der Waals surface area (Å²) in [5.74, 6) is 1.15. The molecule has 1 aromatic carbocycles. The van der Waals surface area contributed by atoms with Crippen molar-refractivity contribution in [3.8, 4) is 11.6 Å². The predicted molar refractivity (Wildman–Crippen MR) is 66.9 cm³/mol. The zero-order chi connectivity index (χ0) is 12.3. The molecule has 88 valence electrons. The molecule has 0 aliphatic carbocycles. The van der Waals surface area contributed by atoms with Crippen molar-refractivity contribution in [2.75, 3.05) is 0 Å². The number of aryl methyl sites for hydroxylation is 1. The molecule has 17 heavy (non-hydrogen) atoms. The molecule has 0 fully saturated rings. The van der Waals surface area contributed by atoms with E-state index in [0.29, 0.717) is 11.6 Å². The minimum absolute atomic E-state index is 0.120. The van der Waals surface area contributed by atoms with Crippen LogP contribution in [0, 0.1) is 6.92 Å². The van der Waals surface area contributed by atoms with Gasteiger partial charge in [-0.25, -0.2) is 4.98 Å². The first kappa shape index (κ1) is 12.0. The Balaban J connectivity index is 2.19.